The molecule has 0 saturated heterocycles. The molecule has 0 aromatic carbocycles. The number of aliphatic hydroxyl groups is 1. The van der Waals surface area contributed by atoms with Gasteiger partial charge in [-0.05, 0) is 0 Å². The van der Waals surface area contributed by atoms with Crippen LogP contribution in [0.1, 0.15) is 6.42 Å². The van der Waals surface area contributed by atoms with Crippen LogP contribution in [0.15, 0.2) is 0 Å². The minimum atomic E-state index is -3.72. The summed E-state index contributed by atoms with van der Waals surface area (Å²) in [7, 11) is 0. The van der Waals surface area contributed by atoms with Crippen molar-refractivity contribution in [3.8, 4) is 0 Å². The molecule has 0 rings (SSSR count). The molecule has 0 saturated carbocycles. The summed E-state index contributed by atoms with van der Waals surface area (Å²) in [6.07, 6.45) is -1.72. The SMILES string of the molecule is O=C(O)CC(C(=O)O)([N+](=O)[O-])[N+](=O)[O-].O=C(O)CO. The van der Waals surface area contributed by atoms with Gasteiger partial charge >= 0.3 is 23.6 Å². The van der Waals surface area contributed by atoms with Gasteiger partial charge in [-0.25, -0.2) is 9.59 Å². The van der Waals surface area contributed by atoms with Crippen molar-refractivity contribution in [3.63, 3.8) is 0 Å². The van der Waals surface area contributed by atoms with Gasteiger partial charge in [0.2, 0.25) is 0 Å². The number of hydrogen-bond acceptors (Lipinski definition) is 8. The van der Waals surface area contributed by atoms with E-state index in [1.807, 2.05) is 0 Å². The first-order valence-corrected chi connectivity index (χ1v) is 4.09. The molecule has 0 aromatic rings. The average Bonchev–Trinajstić information content (AvgIpc) is 2.24. The van der Waals surface area contributed by atoms with Crippen LogP contribution in [0.25, 0.3) is 0 Å². The molecule has 0 radical (unpaired) electrons. The zero-order chi connectivity index (χ0) is 15.8. The Bertz CT molecular complexity index is 366. The molecule has 0 aliphatic carbocycles. The van der Waals surface area contributed by atoms with E-state index in [4.69, 9.17) is 25.2 Å². The van der Waals surface area contributed by atoms with Crippen LogP contribution >= 0.6 is 0 Å². The highest BCUT2D eigenvalue weighted by Gasteiger charge is 2.66. The maximum atomic E-state index is 10.3. The first-order chi connectivity index (χ1) is 8.52. The second kappa shape index (κ2) is 7.49. The summed E-state index contributed by atoms with van der Waals surface area (Å²) >= 11 is 0. The van der Waals surface area contributed by atoms with Gasteiger partial charge in [-0.3, -0.25) is 25.0 Å². The van der Waals surface area contributed by atoms with Gasteiger partial charge in [0.1, 0.15) is 16.5 Å². The van der Waals surface area contributed by atoms with Crippen molar-refractivity contribution in [2.75, 3.05) is 6.61 Å². The molecule has 0 heterocycles. The molecule has 19 heavy (non-hydrogen) atoms. The Morgan fingerprint density at radius 1 is 0.947 bits per heavy atom. The van der Waals surface area contributed by atoms with Gasteiger partial charge in [0, 0.05) is 0 Å². The van der Waals surface area contributed by atoms with Crippen LogP contribution in [0, 0.1) is 20.2 Å². The molecule has 4 N–H and O–H groups in total. The summed E-state index contributed by atoms with van der Waals surface area (Å²) in [6, 6.07) is 0. The van der Waals surface area contributed by atoms with Crippen molar-refractivity contribution in [2.45, 2.75) is 12.1 Å². The predicted molar refractivity (Wildman–Crippen MR) is 51.3 cm³/mol. The van der Waals surface area contributed by atoms with E-state index in [0.29, 0.717) is 0 Å². The maximum absolute atomic E-state index is 10.3. The summed E-state index contributed by atoms with van der Waals surface area (Å²) in [5.41, 5.74) is -3.72. The normalized spacial score (nSPS) is 9.74. The zero-order valence-corrected chi connectivity index (χ0v) is 8.96. The van der Waals surface area contributed by atoms with Gasteiger partial charge < -0.3 is 20.4 Å². The first kappa shape index (κ1) is 18.5. The fraction of sp³-hybridized carbons (Fsp3) is 0.500. The van der Waals surface area contributed by atoms with Crippen molar-refractivity contribution < 1.29 is 44.7 Å². The van der Waals surface area contributed by atoms with Gasteiger partial charge in [0.25, 0.3) is 0 Å². The molecular weight excluding hydrogens is 276 g/mol. The quantitative estimate of drug-likeness (QED) is 0.234. The smallest absolute Gasteiger partial charge is 0.481 e. The molecule has 0 spiro atoms. The van der Waals surface area contributed by atoms with Crippen LogP contribution in [0.5, 0.6) is 0 Å². The molecule has 0 fully saturated rings. The Balaban J connectivity index is 0. The zero-order valence-electron chi connectivity index (χ0n) is 8.96. The predicted octanol–water partition coefficient (Wildman–Crippen LogP) is -2.14. The third kappa shape index (κ3) is 5.35. The van der Waals surface area contributed by atoms with Gasteiger partial charge in [-0.15, -0.1) is 0 Å². The van der Waals surface area contributed by atoms with Gasteiger partial charge in [0.05, 0.1) is 0 Å². The van der Waals surface area contributed by atoms with Crippen molar-refractivity contribution >= 4 is 17.9 Å². The highest BCUT2D eigenvalue weighted by atomic mass is 16.7. The Labute approximate surface area is 103 Å². The molecule has 0 atom stereocenters. The van der Waals surface area contributed by atoms with E-state index in [1.54, 1.807) is 0 Å². The van der Waals surface area contributed by atoms with Crippen LogP contribution < -0.4 is 0 Å². The van der Waals surface area contributed by atoms with Gasteiger partial charge in [0.15, 0.2) is 6.42 Å². The Hall–Kier alpha value is -2.83. The first-order valence-electron chi connectivity index (χ1n) is 4.09. The van der Waals surface area contributed by atoms with Crippen LogP contribution in [0.4, 0.5) is 0 Å². The van der Waals surface area contributed by atoms with Crippen LogP contribution in [0.3, 0.4) is 0 Å². The van der Waals surface area contributed by atoms with E-state index < -0.39 is 46.4 Å². The number of nitrogens with zero attached hydrogens (tertiary/aromatic N) is 2. The molecular formula is C6H8N2O11. The molecule has 0 unspecified atom stereocenters. The summed E-state index contributed by atoms with van der Waals surface area (Å²) in [5.74, 6) is -5.55. The number of hydrogen-bond donors (Lipinski definition) is 4. The lowest BCUT2D eigenvalue weighted by Gasteiger charge is -2.09. The lowest BCUT2D eigenvalue weighted by atomic mass is 10.1. The van der Waals surface area contributed by atoms with E-state index in [9.17, 15) is 29.8 Å². The molecule has 0 bridgehead atoms. The number of aliphatic carboxylic acids is 3. The van der Waals surface area contributed by atoms with E-state index in [1.165, 1.54) is 0 Å². The standard InChI is InChI=1S/C4H4N2O8.C2H4O3/c7-2(8)1-4(3(9)10,5(11)12)6(13)14;3-1-2(4)5/h1H2,(H,7,8)(H,9,10);3H,1H2,(H,4,5). The second-order valence-corrected chi connectivity index (χ2v) is 2.76. The maximum Gasteiger partial charge on any atom is 0.562 e. The minimum absolute atomic E-state index is 0.778. The van der Waals surface area contributed by atoms with Crippen molar-refractivity contribution in [1.29, 1.82) is 0 Å². The van der Waals surface area contributed by atoms with E-state index in [0.717, 1.165) is 0 Å². The molecule has 0 amide bonds. The van der Waals surface area contributed by atoms with E-state index in [2.05, 4.69) is 0 Å². The number of carboxylic acid groups (broad SMARTS) is 3. The summed E-state index contributed by atoms with van der Waals surface area (Å²) in [4.78, 5) is 46.3. The fourth-order valence-corrected chi connectivity index (χ4v) is 0.638. The van der Waals surface area contributed by atoms with Crippen molar-refractivity contribution in [1.82, 2.24) is 0 Å². The van der Waals surface area contributed by atoms with Gasteiger partial charge in [-0.2, -0.15) is 0 Å². The second-order valence-electron chi connectivity index (χ2n) is 2.76. The van der Waals surface area contributed by atoms with Crippen LogP contribution in [0.2, 0.25) is 0 Å². The Morgan fingerprint density at radius 3 is 1.32 bits per heavy atom. The Morgan fingerprint density at radius 2 is 1.26 bits per heavy atom. The monoisotopic (exact) mass is 284 g/mol. The van der Waals surface area contributed by atoms with E-state index >= 15 is 0 Å². The summed E-state index contributed by atoms with van der Waals surface area (Å²) in [5, 5.41) is 51.7. The minimum Gasteiger partial charge on any atom is -0.481 e. The number of carbonyl (C=O) groups is 3. The topological polar surface area (TPSA) is 218 Å². The average molecular weight is 284 g/mol. The van der Waals surface area contributed by atoms with E-state index in [-0.39, 0.29) is 0 Å². The fourth-order valence-electron chi connectivity index (χ4n) is 0.638. The molecule has 0 aromatic heterocycles. The molecule has 13 heteroatoms. The highest BCUT2D eigenvalue weighted by molar-refractivity contribution is 5.81. The largest absolute Gasteiger partial charge is 0.562 e. The Kier molecular flexibility index (Phi) is 7.30. The summed E-state index contributed by atoms with van der Waals surface area (Å²) in [6.45, 7) is -0.778. The third-order valence-corrected chi connectivity index (χ3v) is 1.48. The summed E-state index contributed by atoms with van der Waals surface area (Å²) < 4.78 is 0. The number of nitro groups is 2. The highest BCUT2D eigenvalue weighted by Crippen LogP contribution is 2.16. The van der Waals surface area contributed by atoms with Crippen LogP contribution in [-0.4, -0.2) is 60.5 Å². The molecule has 0 aliphatic rings. The number of aliphatic hydroxyl groups excluding tert-OH is 1. The number of rotatable bonds is 6. The third-order valence-electron chi connectivity index (χ3n) is 1.48. The molecule has 108 valence electrons. The number of carboxylic acids is 3. The molecule has 13 nitrogen and oxygen atoms in total. The van der Waals surface area contributed by atoms with Gasteiger partial charge in [-0.1, -0.05) is 0 Å². The molecule has 0 aliphatic heterocycles. The van der Waals surface area contributed by atoms with Crippen molar-refractivity contribution in [2.24, 2.45) is 0 Å². The van der Waals surface area contributed by atoms with Crippen molar-refractivity contribution in [3.05, 3.63) is 20.2 Å². The van der Waals surface area contributed by atoms with Crippen LogP contribution in [-0.2, 0) is 14.4 Å². The lowest BCUT2D eigenvalue weighted by Crippen LogP contribution is -2.54. The lowest BCUT2D eigenvalue weighted by molar-refractivity contribution is -0.776.